The van der Waals surface area contributed by atoms with Crippen molar-refractivity contribution in [1.29, 1.82) is 0 Å². The summed E-state index contributed by atoms with van der Waals surface area (Å²) in [5.74, 6) is 5.37. The molecule has 6 aromatic heterocycles. The Bertz CT molecular complexity index is 2780. The van der Waals surface area contributed by atoms with Crippen LogP contribution in [0.2, 0.25) is 0 Å². The highest BCUT2D eigenvalue weighted by molar-refractivity contribution is 5.97. The van der Waals surface area contributed by atoms with Crippen LogP contribution in [0.1, 0.15) is 92.8 Å². The maximum atomic E-state index is 11.8. The summed E-state index contributed by atoms with van der Waals surface area (Å²) in [5, 5.41) is 8.22. The number of H-pyrrole nitrogens is 3. The number of rotatable bonds is 7. The van der Waals surface area contributed by atoms with Gasteiger partial charge >= 0.3 is 0 Å². The first-order chi connectivity index (χ1) is 26.9. The Kier molecular flexibility index (Phi) is 8.52. The number of nitrogens with one attached hydrogen (secondary N) is 3. The van der Waals surface area contributed by atoms with Gasteiger partial charge in [0.1, 0.15) is 28.8 Å². The molecule has 0 bridgehead atoms. The summed E-state index contributed by atoms with van der Waals surface area (Å²) < 4.78 is 16.8. The first-order valence-corrected chi connectivity index (χ1v) is 19.2. The number of aromatic nitrogens is 8. The van der Waals surface area contributed by atoms with Crippen LogP contribution in [0.15, 0.2) is 74.8 Å². The maximum absolute atomic E-state index is 11.8. The fourth-order valence-electron chi connectivity index (χ4n) is 7.45. The molecule has 10 rings (SSSR count). The predicted octanol–water partition coefficient (Wildman–Crippen LogP) is 10.0. The second-order valence-electron chi connectivity index (χ2n) is 16.1. The number of pyridine rings is 2. The Morgan fingerprint density at radius 2 is 1.20 bits per heavy atom. The van der Waals surface area contributed by atoms with Gasteiger partial charge in [-0.15, -0.1) is 0 Å². The third-order valence-corrected chi connectivity index (χ3v) is 10.3. The van der Waals surface area contributed by atoms with E-state index in [2.05, 4.69) is 54.5 Å². The molecule has 2 fully saturated rings. The zero-order chi connectivity index (χ0) is 38.9. The zero-order valence-corrected chi connectivity index (χ0v) is 32.6. The molecule has 56 heavy (non-hydrogen) atoms. The van der Waals surface area contributed by atoms with Gasteiger partial charge in [0, 0.05) is 58.6 Å². The highest BCUT2D eigenvalue weighted by atomic mass is 16.5. The molecule has 12 nitrogen and oxygen atoms in total. The fourth-order valence-corrected chi connectivity index (χ4v) is 7.45. The highest BCUT2D eigenvalue weighted by Gasteiger charge is 2.29. The molecule has 0 spiro atoms. The highest BCUT2D eigenvalue weighted by Crippen LogP contribution is 2.43. The lowest BCUT2D eigenvalue weighted by molar-refractivity contribution is 0.124. The van der Waals surface area contributed by atoms with E-state index in [0.717, 1.165) is 101 Å². The molecule has 0 aliphatic heterocycles. The number of nitrogens with zero attached hydrogens (tertiary/aromatic N) is 5. The molecular weight excluding hydrogens is 705 g/mol. The summed E-state index contributed by atoms with van der Waals surface area (Å²) >= 11 is 0. The van der Waals surface area contributed by atoms with Gasteiger partial charge in [-0.3, -0.25) is 4.79 Å². The molecule has 8 aromatic rings. The third-order valence-electron chi connectivity index (χ3n) is 10.3. The third kappa shape index (κ3) is 6.91. The lowest BCUT2D eigenvalue weighted by Gasteiger charge is -2.20. The SMILES string of the molecule is Cc1noc(C)c1-c1cc(-c2cc[nH]c(=O)c2)c2nc(C3CC3)[nH]c2c1.Cc1noc(C)c1-c1cc(-c2ccnc(OC(C)(C)C)c2)c2nc(C3CC3)[nH]c2c1. The second-order valence-corrected chi connectivity index (χ2v) is 16.1. The van der Waals surface area contributed by atoms with Crippen molar-refractivity contribution in [2.45, 2.75) is 91.6 Å². The number of aromatic amines is 3. The zero-order valence-electron chi connectivity index (χ0n) is 32.6. The van der Waals surface area contributed by atoms with E-state index in [1.165, 1.54) is 25.7 Å². The summed E-state index contributed by atoms with van der Waals surface area (Å²) in [6.07, 6.45) is 8.21. The van der Waals surface area contributed by atoms with Crippen LogP contribution < -0.4 is 10.3 Å². The van der Waals surface area contributed by atoms with Crippen LogP contribution in [0.5, 0.6) is 5.88 Å². The molecular formula is C44H44N8O4. The van der Waals surface area contributed by atoms with Gasteiger partial charge < -0.3 is 28.7 Å². The van der Waals surface area contributed by atoms with Crippen molar-refractivity contribution < 1.29 is 13.8 Å². The number of imidazole rings is 2. The van der Waals surface area contributed by atoms with E-state index in [1.807, 2.05) is 66.7 Å². The number of ether oxygens (including phenoxy) is 1. The standard InChI is InChI=1S/C24H26N4O2.C20H18N4O2/c1-13-21(14(2)30-28-13)17-10-18(16-8-9-25-20(12-16)29-24(3,4)5)22-19(11-17)26-23(27-22)15-6-7-15;1-10-18(11(2)26-24-10)14-7-15(13-5-6-21-17(25)9-13)19-16(8-14)22-20(23-19)12-3-4-12/h8-12,15H,6-7H2,1-5H3,(H,26,27);5-9,12H,3-4H2,1-2H3,(H,21,25)(H,22,23). The molecule has 0 unspecified atom stereocenters. The summed E-state index contributed by atoms with van der Waals surface area (Å²) in [7, 11) is 0. The first-order valence-electron chi connectivity index (χ1n) is 19.2. The lowest BCUT2D eigenvalue weighted by Crippen LogP contribution is -2.23. The molecule has 284 valence electrons. The Balaban J connectivity index is 0.000000148. The number of hydrogen-bond donors (Lipinski definition) is 3. The van der Waals surface area contributed by atoms with E-state index < -0.39 is 0 Å². The van der Waals surface area contributed by atoms with Crippen LogP contribution in [0.4, 0.5) is 0 Å². The molecule has 6 heterocycles. The molecule has 2 aliphatic rings. The van der Waals surface area contributed by atoms with Crippen molar-refractivity contribution in [3.63, 3.8) is 0 Å². The van der Waals surface area contributed by atoms with Gasteiger partial charge in [-0.25, -0.2) is 15.0 Å². The van der Waals surface area contributed by atoms with Gasteiger partial charge in [0.25, 0.3) is 0 Å². The fraction of sp³-hybridized carbons (Fsp3) is 0.318. The molecule has 2 saturated carbocycles. The first kappa shape index (κ1) is 35.4. The second kappa shape index (κ2) is 13.5. The van der Waals surface area contributed by atoms with Gasteiger partial charge in [0.15, 0.2) is 0 Å². The number of hydrogen-bond acceptors (Lipinski definition) is 9. The van der Waals surface area contributed by atoms with Gasteiger partial charge in [-0.1, -0.05) is 10.3 Å². The van der Waals surface area contributed by atoms with Gasteiger partial charge in [-0.2, -0.15) is 0 Å². The molecule has 2 aromatic carbocycles. The van der Waals surface area contributed by atoms with Crippen molar-refractivity contribution in [3.05, 3.63) is 106 Å². The van der Waals surface area contributed by atoms with Crippen molar-refractivity contribution >= 4 is 22.1 Å². The Hall–Kier alpha value is -6.30. The van der Waals surface area contributed by atoms with Crippen molar-refractivity contribution in [2.24, 2.45) is 0 Å². The smallest absolute Gasteiger partial charge is 0.248 e. The predicted molar refractivity (Wildman–Crippen MR) is 216 cm³/mol. The number of benzene rings is 2. The summed E-state index contributed by atoms with van der Waals surface area (Å²) in [6.45, 7) is 13.8. The van der Waals surface area contributed by atoms with E-state index in [0.29, 0.717) is 17.7 Å². The van der Waals surface area contributed by atoms with Gasteiger partial charge in [0.2, 0.25) is 11.4 Å². The Morgan fingerprint density at radius 3 is 1.64 bits per heavy atom. The molecule has 12 heteroatoms. The van der Waals surface area contributed by atoms with Gasteiger partial charge in [0.05, 0.1) is 33.5 Å². The topological polar surface area (TPSA) is 164 Å². The lowest BCUT2D eigenvalue weighted by atomic mass is 9.97. The number of aryl methyl sites for hydroxylation is 4. The molecule has 0 atom stereocenters. The molecule has 3 N–H and O–H groups in total. The average molecular weight is 749 g/mol. The summed E-state index contributed by atoms with van der Waals surface area (Å²) in [5.41, 5.74) is 13.1. The quantitative estimate of drug-likeness (QED) is 0.144. The van der Waals surface area contributed by atoms with Crippen LogP contribution in [0, 0.1) is 27.7 Å². The Labute approximate surface area is 323 Å². The van der Waals surface area contributed by atoms with Gasteiger partial charge in [-0.05, 0) is 133 Å². The normalized spacial score (nSPS) is 14.3. The minimum absolute atomic E-state index is 0.128. The number of fused-ring (bicyclic) bond motifs is 2. The van der Waals surface area contributed by atoms with E-state index in [-0.39, 0.29) is 11.2 Å². The van der Waals surface area contributed by atoms with Crippen LogP contribution in [-0.4, -0.2) is 45.8 Å². The van der Waals surface area contributed by atoms with Crippen LogP contribution in [0.25, 0.3) is 66.6 Å². The molecule has 2 aliphatic carbocycles. The van der Waals surface area contributed by atoms with Crippen molar-refractivity contribution in [2.75, 3.05) is 0 Å². The minimum atomic E-state index is -0.315. The van der Waals surface area contributed by atoms with E-state index in [1.54, 1.807) is 18.5 Å². The average Bonchev–Trinajstić information content (AvgIpc) is 4.05. The summed E-state index contributed by atoms with van der Waals surface area (Å²) in [4.78, 5) is 35.7. The van der Waals surface area contributed by atoms with Crippen LogP contribution in [0.3, 0.4) is 0 Å². The molecule has 0 saturated heterocycles. The van der Waals surface area contributed by atoms with Crippen molar-refractivity contribution in [3.8, 4) is 50.4 Å². The molecule has 0 radical (unpaired) electrons. The summed E-state index contributed by atoms with van der Waals surface area (Å²) in [6, 6.07) is 16.0. The van der Waals surface area contributed by atoms with E-state index in [4.69, 9.17) is 23.8 Å². The van der Waals surface area contributed by atoms with E-state index >= 15 is 0 Å². The maximum Gasteiger partial charge on any atom is 0.248 e. The monoisotopic (exact) mass is 748 g/mol. The van der Waals surface area contributed by atoms with E-state index in [9.17, 15) is 4.79 Å². The Morgan fingerprint density at radius 1 is 0.679 bits per heavy atom. The van der Waals surface area contributed by atoms with Crippen LogP contribution in [-0.2, 0) is 0 Å². The largest absolute Gasteiger partial charge is 0.472 e. The van der Waals surface area contributed by atoms with Crippen LogP contribution >= 0.6 is 0 Å². The molecule has 0 amide bonds. The minimum Gasteiger partial charge on any atom is -0.472 e. The van der Waals surface area contributed by atoms with Crippen molar-refractivity contribution in [1.82, 2.24) is 40.2 Å².